The van der Waals surface area contributed by atoms with E-state index < -0.39 is 0 Å². The number of likely N-dealkylation sites (tertiary alicyclic amines) is 1. The van der Waals surface area contributed by atoms with Gasteiger partial charge in [0.15, 0.2) is 0 Å². The van der Waals surface area contributed by atoms with E-state index >= 15 is 0 Å². The molecule has 1 aliphatic heterocycles. The molecule has 0 spiro atoms. The van der Waals surface area contributed by atoms with E-state index in [-0.39, 0.29) is 0 Å². The maximum absolute atomic E-state index is 4.64. The third-order valence-electron chi connectivity index (χ3n) is 4.67. The number of piperidine rings is 1. The molecule has 1 fully saturated rings. The summed E-state index contributed by atoms with van der Waals surface area (Å²) in [7, 11) is 0. The molecule has 1 N–H and O–H groups in total. The van der Waals surface area contributed by atoms with E-state index in [4.69, 9.17) is 0 Å². The number of nitrogens with zero attached hydrogens (tertiary/aromatic N) is 2. The van der Waals surface area contributed by atoms with E-state index in [1.807, 2.05) is 0 Å². The topological polar surface area (TPSA) is 28.2 Å². The molecule has 0 radical (unpaired) electrons. The van der Waals surface area contributed by atoms with Gasteiger partial charge in [0.25, 0.3) is 0 Å². The lowest BCUT2D eigenvalue weighted by atomic mass is 9.87. The molecule has 20 heavy (non-hydrogen) atoms. The minimum absolute atomic E-state index is 0.611. The Morgan fingerprint density at radius 3 is 2.85 bits per heavy atom. The molecule has 0 aliphatic carbocycles. The fourth-order valence-corrected chi connectivity index (χ4v) is 3.18. The summed E-state index contributed by atoms with van der Waals surface area (Å²) < 4.78 is 0. The van der Waals surface area contributed by atoms with Gasteiger partial charge in [-0.05, 0) is 51.3 Å². The summed E-state index contributed by atoms with van der Waals surface area (Å²) in [5.74, 6) is 0.695. The lowest BCUT2D eigenvalue weighted by Gasteiger charge is -2.43. The second-order valence-corrected chi connectivity index (χ2v) is 6.19. The van der Waals surface area contributed by atoms with Crippen molar-refractivity contribution in [2.45, 2.75) is 59.2 Å². The maximum Gasteiger partial charge on any atom is 0.0547 e. The molecule has 1 aromatic heterocycles. The Hall–Kier alpha value is -0.930. The third kappa shape index (κ3) is 3.80. The first-order chi connectivity index (χ1) is 9.61. The fourth-order valence-electron chi connectivity index (χ4n) is 3.18. The highest BCUT2D eigenvalue weighted by molar-refractivity contribution is 5.10. The molecule has 112 valence electrons. The molecule has 2 heterocycles. The van der Waals surface area contributed by atoms with Crippen LogP contribution in [0.15, 0.2) is 18.2 Å². The summed E-state index contributed by atoms with van der Waals surface area (Å²) in [6, 6.07) is 7.61. The van der Waals surface area contributed by atoms with Gasteiger partial charge in [0.1, 0.15) is 0 Å². The third-order valence-corrected chi connectivity index (χ3v) is 4.67. The summed E-state index contributed by atoms with van der Waals surface area (Å²) >= 11 is 0. The predicted molar refractivity (Wildman–Crippen MR) is 84.7 cm³/mol. The monoisotopic (exact) mass is 275 g/mol. The molecule has 1 aliphatic rings. The zero-order valence-corrected chi connectivity index (χ0v) is 13.4. The Morgan fingerprint density at radius 2 is 2.15 bits per heavy atom. The fraction of sp³-hybridized carbons (Fsp3) is 0.706. The van der Waals surface area contributed by atoms with Crippen LogP contribution in [0.3, 0.4) is 0 Å². The van der Waals surface area contributed by atoms with Crippen LogP contribution in [0.2, 0.25) is 0 Å². The van der Waals surface area contributed by atoms with E-state index in [2.05, 4.69) is 61.1 Å². The zero-order valence-electron chi connectivity index (χ0n) is 13.4. The Kier molecular flexibility index (Phi) is 5.55. The van der Waals surface area contributed by atoms with Gasteiger partial charge in [-0.2, -0.15) is 0 Å². The number of pyridine rings is 1. The van der Waals surface area contributed by atoms with Gasteiger partial charge in [-0.1, -0.05) is 19.9 Å². The van der Waals surface area contributed by atoms with Crippen molar-refractivity contribution >= 4 is 0 Å². The Labute approximate surface area is 123 Å². The number of hydrogen-bond donors (Lipinski definition) is 1. The summed E-state index contributed by atoms with van der Waals surface area (Å²) in [5.41, 5.74) is 2.31. The molecule has 1 saturated heterocycles. The number of aryl methyl sites for hydroxylation is 1. The first-order valence-corrected chi connectivity index (χ1v) is 8.01. The van der Waals surface area contributed by atoms with Crippen molar-refractivity contribution in [1.29, 1.82) is 0 Å². The molecule has 3 unspecified atom stereocenters. The van der Waals surface area contributed by atoms with E-state index in [0.717, 1.165) is 18.8 Å². The summed E-state index contributed by atoms with van der Waals surface area (Å²) in [4.78, 5) is 7.22. The second kappa shape index (κ2) is 7.19. The van der Waals surface area contributed by atoms with E-state index in [0.29, 0.717) is 18.0 Å². The largest absolute Gasteiger partial charge is 0.314 e. The smallest absolute Gasteiger partial charge is 0.0547 e. The normalized spacial score (nSPS) is 27.7. The van der Waals surface area contributed by atoms with Crippen molar-refractivity contribution in [2.75, 3.05) is 13.1 Å². The lowest BCUT2D eigenvalue weighted by Crippen LogP contribution is -2.53. The molecular formula is C17H29N3. The zero-order chi connectivity index (χ0) is 14.5. The van der Waals surface area contributed by atoms with E-state index in [1.165, 1.54) is 25.1 Å². The molecule has 1 aromatic rings. The maximum atomic E-state index is 4.64. The average molecular weight is 275 g/mol. The van der Waals surface area contributed by atoms with Crippen molar-refractivity contribution in [3.63, 3.8) is 0 Å². The van der Waals surface area contributed by atoms with Crippen molar-refractivity contribution in [3.05, 3.63) is 29.6 Å². The first kappa shape index (κ1) is 15.5. The van der Waals surface area contributed by atoms with Crippen molar-refractivity contribution in [2.24, 2.45) is 5.92 Å². The molecule has 3 nitrogen and oxygen atoms in total. The highest BCUT2D eigenvalue weighted by Gasteiger charge is 2.31. The van der Waals surface area contributed by atoms with Crippen molar-refractivity contribution in [1.82, 2.24) is 15.2 Å². The summed E-state index contributed by atoms with van der Waals surface area (Å²) in [6.45, 7) is 12.3. The first-order valence-electron chi connectivity index (χ1n) is 8.01. The van der Waals surface area contributed by atoms with Gasteiger partial charge in [0, 0.05) is 30.9 Å². The molecule has 0 aromatic carbocycles. The van der Waals surface area contributed by atoms with Gasteiger partial charge < -0.3 is 5.32 Å². The Bertz CT molecular complexity index is 418. The van der Waals surface area contributed by atoms with Gasteiger partial charge >= 0.3 is 0 Å². The number of nitrogens with one attached hydrogen (secondary N) is 1. The minimum atomic E-state index is 0.611. The van der Waals surface area contributed by atoms with Crippen LogP contribution >= 0.6 is 0 Å². The quantitative estimate of drug-likeness (QED) is 0.895. The molecule has 3 heteroatoms. The van der Waals surface area contributed by atoms with Crippen LogP contribution in [-0.4, -0.2) is 35.1 Å². The highest BCUT2D eigenvalue weighted by atomic mass is 15.2. The number of rotatable bonds is 5. The average Bonchev–Trinajstić information content (AvgIpc) is 2.43. The van der Waals surface area contributed by atoms with Crippen LogP contribution in [0, 0.1) is 12.8 Å². The summed E-state index contributed by atoms with van der Waals surface area (Å²) in [5, 5.41) is 3.70. The van der Waals surface area contributed by atoms with Gasteiger partial charge in [0.05, 0.1) is 5.69 Å². The molecule has 0 amide bonds. The van der Waals surface area contributed by atoms with Crippen molar-refractivity contribution < 1.29 is 0 Å². The lowest BCUT2D eigenvalue weighted by molar-refractivity contribution is 0.0774. The number of aromatic nitrogens is 1. The van der Waals surface area contributed by atoms with Crippen LogP contribution in [0.25, 0.3) is 0 Å². The minimum Gasteiger partial charge on any atom is -0.314 e. The summed E-state index contributed by atoms with van der Waals surface area (Å²) in [6.07, 6.45) is 2.46. The molecule has 0 saturated carbocycles. The standard InChI is InChI=1S/C17H29N3/c1-5-10-18-17-9-11-20(15(4)14(17)3)12-16-8-6-7-13(2)19-16/h6-8,14-15,17-18H,5,9-12H2,1-4H3. The van der Waals surface area contributed by atoms with Crippen LogP contribution < -0.4 is 5.32 Å². The van der Waals surface area contributed by atoms with Crippen LogP contribution in [0.4, 0.5) is 0 Å². The van der Waals surface area contributed by atoms with Crippen LogP contribution in [0.1, 0.15) is 45.0 Å². The van der Waals surface area contributed by atoms with Crippen molar-refractivity contribution in [3.8, 4) is 0 Å². The highest BCUT2D eigenvalue weighted by Crippen LogP contribution is 2.25. The van der Waals surface area contributed by atoms with Gasteiger partial charge in [0.2, 0.25) is 0 Å². The number of hydrogen-bond acceptors (Lipinski definition) is 3. The van der Waals surface area contributed by atoms with Gasteiger partial charge in [-0.25, -0.2) is 0 Å². The SMILES string of the molecule is CCCNC1CCN(Cc2cccc(C)n2)C(C)C1C. The molecule has 3 atom stereocenters. The molecule has 2 rings (SSSR count). The van der Waals surface area contributed by atoms with Gasteiger partial charge in [-0.15, -0.1) is 0 Å². The van der Waals surface area contributed by atoms with E-state index in [1.54, 1.807) is 0 Å². The predicted octanol–water partition coefficient (Wildman–Crippen LogP) is 2.99. The second-order valence-electron chi connectivity index (χ2n) is 6.19. The Balaban J connectivity index is 1.94. The molecular weight excluding hydrogens is 246 g/mol. The van der Waals surface area contributed by atoms with Crippen LogP contribution in [0.5, 0.6) is 0 Å². The van der Waals surface area contributed by atoms with E-state index in [9.17, 15) is 0 Å². The van der Waals surface area contributed by atoms with Gasteiger partial charge in [-0.3, -0.25) is 9.88 Å². The van der Waals surface area contributed by atoms with Crippen LogP contribution in [-0.2, 0) is 6.54 Å². The molecule has 0 bridgehead atoms. The Morgan fingerprint density at radius 1 is 1.35 bits per heavy atom.